The lowest BCUT2D eigenvalue weighted by Gasteiger charge is -2.08. The fourth-order valence-electron chi connectivity index (χ4n) is 1.11. The third-order valence-electron chi connectivity index (χ3n) is 1.81. The Balaban J connectivity index is 2.68. The molecule has 0 spiro atoms. The van der Waals surface area contributed by atoms with E-state index >= 15 is 0 Å². The average molecular weight is 249 g/mol. The van der Waals surface area contributed by atoms with Gasteiger partial charge in [-0.1, -0.05) is 0 Å². The molecule has 0 bridgehead atoms. The molecule has 7 heteroatoms. The average Bonchev–Trinajstić information content (AvgIpc) is 2.14. The number of ether oxygens (including phenoxy) is 1. The van der Waals surface area contributed by atoms with Gasteiger partial charge in [0.25, 0.3) is 0 Å². The minimum atomic E-state index is -4.31. The van der Waals surface area contributed by atoms with Gasteiger partial charge in [-0.3, -0.25) is 0 Å². The molecule has 0 radical (unpaired) electrons. The second-order valence-corrected chi connectivity index (χ2v) is 3.35. The monoisotopic (exact) mass is 249 g/mol. The highest BCUT2D eigenvalue weighted by Gasteiger charge is 2.27. The van der Waals surface area contributed by atoms with Crippen molar-refractivity contribution in [3.05, 3.63) is 23.4 Å². The number of nitrogens with zero attached hydrogens (tertiary/aromatic N) is 1. The Morgan fingerprint density at radius 3 is 2.65 bits per heavy atom. The molecular weight excluding hydrogens is 239 g/mol. The van der Waals surface area contributed by atoms with E-state index in [2.05, 4.69) is 4.98 Å². The number of pyridine rings is 1. The van der Waals surface area contributed by atoms with E-state index < -0.39 is 25.2 Å². The summed E-state index contributed by atoms with van der Waals surface area (Å²) in [5.41, 5.74) is 0.298. The van der Waals surface area contributed by atoms with E-state index in [1.807, 2.05) is 0 Å². The summed E-state index contributed by atoms with van der Waals surface area (Å²) in [5.74, 6) is -1.30. The number of halogens is 3. The van der Waals surface area contributed by atoms with Crippen LogP contribution in [0.1, 0.15) is 22.5 Å². The number of carboxylic acids is 1. The van der Waals surface area contributed by atoms with Crippen LogP contribution in [0.5, 0.6) is 5.88 Å². The number of aryl methyl sites for hydroxylation is 1. The third-order valence-corrected chi connectivity index (χ3v) is 1.81. The minimum Gasteiger partial charge on any atom is -0.478 e. The van der Waals surface area contributed by atoms with Crippen LogP contribution in [0.3, 0.4) is 0 Å². The van der Waals surface area contributed by atoms with Gasteiger partial charge in [-0.15, -0.1) is 0 Å². The first kappa shape index (κ1) is 13.3. The maximum Gasteiger partial charge on any atom is 0.392 e. The Morgan fingerprint density at radius 2 is 2.12 bits per heavy atom. The second kappa shape index (κ2) is 5.03. The molecule has 0 saturated heterocycles. The maximum atomic E-state index is 11.9. The first-order valence-corrected chi connectivity index (χ1v) is 4.69. The number of rotatable bonds is 4. The van der Waals surface area contributed by atoms with Crippen LogP contribution >= 0.6 is 0 Å². The van der Waals surface area contributed by atoms with Crippen LogP contribution in [0.4, 0.5) is 13.2 Å². The van der Waals surface area contributed by atoms with Gasteiger partial charge in [0, 0.05) is 11.8 Å². The molecule has 0 amide bonds. The molecule has 17 heavy (non-hydrogen) atoms. The van der Waals surface area contributed by atoms with E-state index in [1.54, 1.807) is 0 Å². The van der Waals surface area contributed by atoms with E-state index in [4.69, 9.17) is 9.84 Å². The molecule has 0 aliphatic carbocycles. The summed E-state index contributed by atoms with van der Waals surface area (Å²) in [6.45, 7) is 0.946. The molecule has 0 aliphatic rings. The molecule has 1 aromatic heterocycles. The van der Waals surface area contributed by atoms with E-state index in [9.17, 15) is 18.0 Å². The molecule has 1 N–H and O–H groups in total. The summed E-state index contributed by atoms with van der Waals surface area (Å²) in [7, 11) is 0. The van der Waals surface area contributed by atoms with Gasteiger partial charge in [-0.2, -0.15) is 13.2 Å². The highest BCUT2D eigenvalue weighted by Crippen LogP contribution is 2.20. The normalized spacial score (nSPS) is 11.3. The van der Waals surface area contributed by atoms with Gasteiger partial charge >= 0.3 is 12.1 Å². The zero-order chi connectivity index (χ0) is 13.1. The zero-order valence-corrected chi connectivity index (χ0v) is 8.91. The lowest BCUT2D eigenvalue weighted by Crippen LogP contribution is -2.13. The third kappa shape index (κ3) is 4.71. The summed E-state index contributed by atoms with van der Waals surface area (Å²) >= 11 is 0. The SMILES string of the molecule is Cc1cc(C(=O)O)cc(OCCC(F)(F)F)n1. The molecule has 0 aliphatic heterocycles. The number of alkyl halides is 3. The van der Waals surface area contributed by atoms with Gasteiger partial charge in [0.05, 0.1) is 18.6 Å². The first-order valence-electron chi connectivity index (χ1n) is 4.69. The molecule has 0 fully saturated rings. The van der Waals surface area contributed by atoms with Crippen molar-refractivity contribution in [2.24, 2.45) is 0 Å². The van der Waals surface area contributed by atoms with Crippen LogP contribution in [-0.4, -0.2) is 28.8 Å². The number of hydrogen-bond donors (Lipinski definition) is 1. The molecule has 1 heterocycles. The van der Waals surface area contributed by atoms with E-state index in [-0.39, 0.29) is 11.4 Å². The Labute approximate surface area is 95.0 Å². The van der Waals surface area contributed by atoms with Gasteiger partial charge in [0.1, 0.15) is 0 Å². The van der Waals surface area contributed by atoms with Crippen molar-refractivity contribution in [3.8, 4) is 5.88 Å². The number of aromatic nitrogens is 1. The van der Waals surface area contributed by atoms with Crippen molar-refractivity contribution in [2.75, 3.05) is 6.61 Å². The van der Waals surface area contributed by atoms with Gasteiger partial charge in [0.2, 0.25) is 5.88 Å². The fraction of sp³-hybridized carbons (Fsp3) is 0.400. The predicted octanol–water partition coefficient (Wildman–Crippen LogP) is 2.42. The summed E-state index contributed by atoms with van der Waals surface area (Å²) < 4.78 is 40.3. The predicted molar refractivity (Wildman–Crippen MR) is 52.1 cm³/mol. The van der Waals surface area contributed by atoms with Gasteiger partial charge < -0.3 is 9.84 Å². The van der Waals surface area contributed by atoms with Crippen LogP contribution < -0.4 is 4.74 Å². The molecule has 0 saturated carbocycles. The Bertz CT molecular complexity index is 418. The number of hydrogen-bond acceptors (Lipinski definition) is 3. The van der Waals surface area contributed by atoms with Crippen molar-refractivity contribution in [3.63, 3.8) is 0 Å². The minimum absolute atomic E-state index is 0.0699. The van der Waals surface area contributed by atoms with E-state index in [0.29, 0.717) is 5.69 Å². The van der Waals surface area contributed by atoms with Crippen LogP contribution in [0.15, 0.2) is 12.1 Å². The molecular formula is C10H10F3NO3. The summed E-state index contributed by atoms with van der Waals surface area (Å²) in [5, 5.41) is 8.73. The quantitative estimate of drug-likeness (QED) is 0.890. The molecule has 0 atom stereocenters. The molecule has 1 aromatic rings. The maximum absolute atomic E-state index is 11.9. The number of carbonyl (C=O) groups is 1. The van der Waals surface area contributed by atoms with Crippen LogP contribution in [-0.2, 0) is 0 Å². The van der Waals surface area contributed by atoms with Gasteiger partial charge in [0.15, 0.2) is 0 Å². The molecule has 4 nitrogen and oxygen atoms in total. The summed E-state index contributed by atoms with van der Waals surface area (Å²) in [6.07, 6.45) is -5.41. The van der Waals surface area contributed by atoms with Crippen molar-refractivity contribution < 1.29 is 27.8 Å². The first-order chi connectivity index (χ1) is 7.78. The molecule has 1 rings (SSSR count). The highest BCUT2D eigenvalue weighted by molar-refractivity contribution is 5.87. The van der Waals surface area contributed by atoms with Crippen molar-refractivity contribution >= 4 is 5.97 Å². The zero-order valence-electron chi connectivity index (χ0n) is 8.91. The standard InChI is InChI=1S/C10H10F3NO3/c1-6-4-7(9(15)16)5-8(14-6)17-3-2-10(11,12)13/h4-5H,2-3H2,1H3,(H,15,16). The van der Waals surface area contributed by atoms with Gasteiger partial charge in [-0.05, 0) is 13.0 Å². The van der Waals surface area contributed by atoms with Crippen LogP contribution in [0, 0.1) is 6.92 Å². The van der Waals surface area contributed by atoms with E-state index in [1.165, 1.54) is 13.0 Å². The molecule has 0 unspecified atom stereocenters. The topological polar surface area (TPSA) is 59.4 Å². The summed E-state index contributed by atoms with van der Waals surface area (Å²) in [4.78, 5) is 14.5. The lowest BCUT2D eigenvalue weighted by molar-refractivity contribution is -0.139. The van der Waals surface area contributed by atoms with Gasteiger partial charge in [-0.25, -0.2) is 9.78 Å². The fourth-order valence-corrected chi connectivity index (χ4v) is 1.11. The Hall–Kier alpha value is -1.79. The Kier molecular flexibility index (Phi) is 3.93. The largest absolute Gasteiger partial charge is 0.478 e. The number of aromatic carboxylic acids is 1. The highest BCUT2D eigenvalue weighted by atomic mass is 19.4. The number of carboxylic acid groups (broad SMARTS) is 1. The molecule has 94 valence electrons. The second-order valence-electron chi connectivity index (χ2n) is 3.35. The van der Waals surface area contributed by atoms with Crippen molar-refractivity contribution in [1.82, 2.24) is 4.98 Å². The summed E-state index contributed by atoms with van der Waals surface area (Å²) in [6, 6.07) is 2.39. The van der Waals surface area contributed by atoms with Crippen molar-refractivity contribution in [1.29, 1.82) is 0 Å². The smallest absolute Gasteiger partial charge is 0.392 e. The van der Waals surface area contributed by atoms with Crippen LogP contribution in [0.25, 0.3) is 0 Å². The van der Waals surface area contributed by atoms with Crippen LogP contribution in [0.2, 0.25) is 0 Å². The molecule has 0 aromatic carbocycles. The van der Waals surface area contributed by atoms with Crippen molar-refractivity contribution in [2.45, 2.75) is 19.5 Å². The Morgan fingerprint density at radius 1 is 1.47 bits per heavy atom. The lowest BCUT2D eigenvalue weighted by atomic mass is 10.2. The van der Waals surface area contributed by atoms with E-state index in [0.717, 1.165) is 6.07 Å².